The minimum Gasteiger partial charge on any atom is -0.351 e. The van der Waals surface area contributed by atoms with Crippen molar-refractivity contribution in [3.8, 4) is 0 Å². The molecule has 0 bridgehead atoms. The lowest BCUT2D eigenvalue weighted by molar-refractivity contribution is -0.124. The molecule has 1 saturated carbocycles. The molecule has 26 heavy (non-hydrogen) atoms. The molecule has 1 aromatic heterocycles. The van der Waals surface area contributed by atoms with E-state index < -0.39 is 0 Å². The molecule has 1 aliphatic carbocycles. The summed E-state index contributed by atoms with van der Waals surface area (Å²) in [7, 11) is 1.93. The van der Waals surface area contributed by atoms with Crippen LogP contribution in [-0.4, -0.2) is 28.3 Å². The molecule has 1 saturated heterocycles. The number of carbonyl (C=O) groups excluding carboxylic acids is 1. The van der Waals surface area contributed by atoms with E-state index in [1.165, 1.54) is 38.5 Å². The zero-order chi connectivity index (χ0) is 17.9. The van der Waals surface area contributed by atoms with E-state index in [1.807, 2.05) is 17.9 Å². The van der Waals surface area contributed by atoms with Crippen LogP contribution < -0.4 is 10.6 Å². The number of hydrogen-bond donors (Lipinski definition) is 2. The number of benzene rings is 1. The first-order valence-electron chi connectivity index (χ1n) is 10.1. The number of aromatic nitrogens is 2. The Morgan fingerprint density at radius 3 is 2.92 bits per heavy atom. The van der Waals surface area contributed by atoms with Crippen LogP contribution in [0.4, 0.5) is 0 Å². The fourth-order valence-electron chi connectivity index (χ4n) is 4.79. The fraction of sp³-hybridized carbons (Fsp3) is 0.619. The van der Waals surface area contributed by atoms with Crippen molar-refractivity contribution < 1.29 is 4.79 Å². The van der Waals surface area contributed by atoms with Gasteiger partial charge in [-0.15, -0.1) is 0 Å². The summed E-state index contributed by atoms with van der Waals surface area (Å²) in [4.78, 5) is 12.7. The van der Waals surface area contributed by atoms with Crippen molar-refractivity contribution >= 4 is 16.8 Å². The van der Waals surface area contributed by atoms with Crippen LogP contribution in [0.25, 0.3) is 10.9 Å². The van der Waals surface area contributed by atoms with E-state index in [0.29, 0.717) is 6.54 Å². The normalized spacial score (nSPS) is 24.7. The van der Waals surface area contributed by atoms with Crippen LogP contribution in [0, 0.1) is 11.8 Å². The highest BCUT2D eigenvalue weighted by Gasteiger charge is 2.31. The van der Waals surface area contributed by atoms with E-state index in [4.69, 9.17) is 0 Å². The Bertz CT molecular complexity index is 762. The van der Waals surface area contributed by atoms with Crippen molar-refractivity contribution in [2.75, 3.05) is 6.54 Å². The van der Waals surface area contributed by atoms with Crippen LogP contribution in [0.5, 0.6) is 0 Å². The Kier molecular flexibility index (Phi) is 5.25. The highest BCUT2D eigenvalue weighted by Crippen LogP contribution is 2.35. The zero-order valence-electron chi connectivity index (χ0n) is 15.7. The van der Waals surface area contributed by atoms with Gasteiger partial charge in [0.15, 0.2) is 0 Å². The van der Waals surface area contributed by atoms with Crippen molar-refractivity contribution in [2.24, 2.45) is 18.9 Å². The molecule has 2 unspecified atom stereocenters. The lowest BCUT2D eigenvalue weighted by Gasteiger charge is -2.36. The van der Waals surface area contributed by atoms with Crippen molar-refractivity contribution in [1.82, 2.24) is 20.4 Å². The van der Waals surface area contributed by atoms with E-state index in [2.05, 4.69) is 33.9 Å². The maximum atomic E-state index is 12.7. The van der Waals surface area contributed by atoms with Crippen molar-refractivity contribution in [3.63, 3.8) is 0 Å². The molecule has 5 heteroatoms. The van der Waals surface area contributed by atoms with Gasteiger partial charge < -0.3 is 10.6 Å². The summed E-state index contributed by atoms with van der Waals surface area (Å²) in [6.07, 6.45) is 11.1. The molecular formula is C21H30N4O. The molecule has 2 heterocycles. The number of aryl methyl sites for hydroxylation is 1. The first-order valence-corrected chi connectivity index (χ1v) is 10.1. The van der Waals surface area contributed by atoms with Gasteiger partial charge in [-0.25, -0.2) is 0 Å². The summed E-state index contributed by atoms with van der Waals surface area (Å²) >= 11 is 0. The van der Waals surface area contributed by atoms with Crippen LogP contribution in [0.15, 0.2) is 24.4 Å². The molecule has 2 atom stereocenters. The summed E-state index contributed by atoms with van der Waals surface area (Å²) in [5.41, 5.74) is 2.08. The van der Waals surface area contributed by atoms with Gasteiger partial charge in [-0.1, -0.05) is 44.2 Å². The van der Waals surface area contributed by atoms with Gasteiger partial charge in [0.05, 0.1) is 11.6 Å². The summed E-state index contributed by atoms with van der Waals surface area (Å²) in [5, 5.41) is 12.1. The molecular weight excluding hydrogens is 324 g/mol. The van der Waals surface area contributed by atoms with Crippen molar-refractivity contribution in [3.05, 3.63) is 30.0 Å². The molecule has 2 aromatic rings. The van der Waals surface area contributed by atoms with E-state index in [9.17, 15) is 4.79 Å². The Morgan fingerprint density at radius 2 is 2.08 bits per heavy atom. The highest BCUT2D eigenvalue weighted by molar-refractivity contribution is 5.82. The predicted molar refractivity (Wildman–Crippen MR) is 104 cm³/mol. The topological polar surface area (TPSA) is 59.0 Å². The average Bonchev–Trinajstić information content (AvgIpc) is 3.06. The van der Waals surface area contributed by atoms with Gasteiger partial charge >= 0.3 is 0 Å². The third kappa shape index (κ3) is 3.93. The van der Waals surface area contributed by atoms with Crippen LogP contribution in [0.1, 0.15) is 50.5 Å². The molecule has 2 fully saturated rings. The van der Waals surface area contributed by atoms with Crippen LogP contribution in [0.2, 0.25) is 0 Å². The number of amides is 1. The summed E-state index contributed by atoms with van der Waals surface area (Å²) in [5.74, 6) is 1.71. The minimum absolute atomic E-state index is 0.0331. The van der Waals surface area contributed by atoms with Gasteiger partial charge in [-0.05, 0) is 42.9 Å². The SMILES string of the molecule is Cn1cc2ccc(CNC(=O)C3CC(C4CCCCC4)CCN3)cc2n1. The summed E-state index contributed by atoms with van der Waals surface area (Å²) in [6.45, 7) is 1.54. The number of piperidine rings is 1. The molecule has 0 radical (unpaired) electrons. The van der Waals surface area contributed by atoms with Gasteiger partial charge in [0.25, 0.3) is 0 Å². The maximum absolute atomic E-state index is 12.7. The molecule has 4 rings (SSSR count). The van der Waals surface area contributed by atoms with Crippen molar-refractivity contribution in [1.29, 1.82) is 0 Å². The lowest BCUT2D eigenvalue weighted by Crippen LogP contribution is -2.49. The average molecular weight is 354 g/mol. The van der Waals surface area contributed by atoms with E-state index in [0.717, 1.165) is 41.3 Å². The smallest absolute Gasteiger partial charge is 0.237 e. The molecule has 140 valence electrons. The number of nitrogens with zero attached hydrogens (tertiary/aromatic N) is 2. The van der Waals surface area contributed by atoms with Gasteiger partial charge in [0.1, 0.15) is 0 Å². The van der Waals surface area contributed by atoms with Crippen LogP contribution in [0.3, 0.4) is 0 Å². The summed E-state index contributed by atoms with van der Waals surface area (Å²) in [6, 6.07) is 6.18. The number of carbonyl (C=O) groups is 1. The van der Waals surface area contributed by atoms with E-state index >= 15 is 0 Å². The summed E-state index contributed by atoms with van der Waals surface area (Å²) < 4.78 is 1.82. The minimum atomic E-state index is -0.0331. The maximum Gasteiger partial charge on any atom is 0.237 e. The molecule has 2 N–H and O–H groups in total. The third-order valence-corrected chi connectivity index (χ3v) is 6.23. The Hall–Kier alpha value is -1.88. The molecule has 2 aliphatic rings. The predicted octanol–water partition coefficient (Wildman–Crippen LogP) is 3.14. The largest absolute Gasteiger partial charge is 0.351 e. The molecule has 5 nitrogen and oxygen atoms in total. The standard InChI is InChI=1S/C21H30N4O/c1-25-14-18-8-7-15(11-19(18)24-25)13-23-21(26)20-12-17(9-10-22-20)16-5-3-2-4-6-16/h7-8,11,14,16-17,20,22H,2-6,9-10,12-13H2,1H3,(H,23,26). The molecule has 1 aromatic carbocycles. The van der Waals surface area contributed by atoms with Crippen LogP contribution in [-0.2, 0) is 18.4 Å². The molecule has 1 aliphatic heterocycles. The zero-order valence-corrected chi connectivity index (χ0v) is 15.7. The molecule has 0 spiro atoms. The van der Waals surface area contributed by atoms with Gasteiger partial charge in [0.2, 0.25) is 5.91 Å². The third-order valence-electron chi connectivity index (χ3n) is 6.23. The number of hydrogen-bond acceptors (Lipinski definition) is 3. The second kappa shape index (κ2) is 7.78. The monoisotopic (exact) mass is 354 g/mol. The second-order valence-corrected chi connectivity index (χ2v) is 8.10. The number of rotatable bonds is 4. The molecule has 1 amide bonds. The second-order valence-electron chi connectivity index (χ2n) is 8.10. The van der Waals surface area contributed by atoms with Gasteiger partial charge in [-0.2, -0.15) is 5.10 Å². The Balaban J connectivity index is 1.33. The van der Waals surface area contributed by atoms with Crippen molar-refractivity contribution in [2.45, 2.75) is 57.5 Å². The Morgan fingerprint density at radius 1 is 1.23 bits per heavy atom. The quantitative estimate of drug-likeness (QED) is 0.887. The number of nitrogens with one attached hydrogen (secondary N) is 2. The Labute approximate surface area is 155 Å². The van der Waals surface area contributed by atoms with Gasteiger partial charge in [0, 0.05) is 25.2 Å². The first-order chi connectivity index (χ1) is 12.7. The fourth-order valence-corrected chi connectivity index (χ4v) is 4.79. The lowest BCUT2D eigenvalue weighted by atomic mass is 9.74. The highest BCUT2D eigenvalue weighted by atomic mass is 16.2. The van der Waals surface area contributed by atoms with E-state index in [-0.39, 0.29) is 11.9 Å². The van der Waals surface area contributed by atoms with Crippen LogP contribution >= 0.6 is 0 Å². The van der Waals surface area contributed by atoms with Gasteiger partial charge in [-0.3, -0.25) is 9.48 Å². The first kappa shape index (κ1) is 17.5. The number of fused-ring (bicyclic) bond motifs is 1. The van der Waals surface area contributed by atoms with E-state index in [1.54, 1.807) is 0 Å².